The van der Waals surface area contributed by atoms with Crippen LogP contribution >= 0.6 is 23.1 Å². The van der Waals surface area contributed by atoms with Crippen LogP contribution in [0.25, 0.3) is 0 Å². The third-order valence-electron chi connectivity index (χ3n) is 2.58. The summed E-state index contributed by atoms with van der Waals surface area (Å²) in [5.41, 5.74) is 0.249. The largest absolute Gasteiger partial charge is 0.287 e. The molecule has 19 heavy (non-hydrogen) atoms. The number of aromatic nitrogens is 2. The van der Waals surface area contributed by atoms with Crippen LogP contribution in [0.15, 0.2) is 18.2 Å². The molecular weight excluding hydrogens is 287 g/mol. The van der Waals surface area contributed by atoms with Gasteiger partial charge in [-0.05, 0) is 29.7 Å². The first-order valence-corrected chi connectivity index (χ1v) is 6.78. The molecule has 0 aliphatic heterocycles. The molecule has 0 fully saturated rings. The molecule has 0 amide bonds. The zero-order valence-electron chi connectivity index (χ0n) is 10.7. The standard InChI is InChI=1S/C13H12ClFN2OS/c1-13(2,3)12-11(19-17-16-12)10(18)8-5-4-7(14)6-9(8)15/h4-6H,1-3H3. The fourth-order valence-corrected chi connectivity index (χ4v) is 2.62. The number of nitrogens with zero attached hydrogens (tertiary/aromatic N) is 2. The van der Waals surface area contributed by atoms with Crippen molar-refractivity contribution in [2.45, 2.75) is 26.2 Å². The molecule has 0 saturated carbocycles. The normalized spacial score (nSPS) is 11.6. The van der Waals surface area contributed by atoms with Gasteiger partial charge in [0.25, 0.3) is 0 Å². The van der Waals surface area contributed by atoms with Crippen molar-refractivity contribution >= 4 is 28.9 Å². The quantitative estimate of drug-likeness (QED) is 0.791. The van der Waals surface area contributed by atoms with Gasteiger partial charge in [0.2, 0.25) is 5.78 Å². The Kier molecular flexibility index (Phi) is 3.69. The van der Waals surface area contributed by atoms with Gasteiger partial charge in [-0.3, -0.25) is 4.79 Å². The number of rotatable bonds is 2. The lowest BCUT2D eigenvalue weighted by molar-refractivity contribution is 0.103. The summed E-state index contributed by atoms with van der Waals surface area (Å²) in [6, 6.07) is 4.00. The molecule has 1 aromatic carbocycles. The molecule has 0 radical (unpaired) electrons. The Morgan fingerprint density at radius 3 is 2.63 bits per heavy atom. The molecule has 0 spiro atoms. The number of benzene rings is 1. The summed E-state index contributed by atoms with van der Waals surface area (Å²) in [5.74, 6) is -1.04. The van der Waals surface area contributed by atoms with E-state index in [1.807, 2.05) is 20.8 Å². The van der Waals surface area contributed by atoms with Crippen LogP contribution < -0.4 is 0 Å². The van der Waals surface area contributed by atoms with Crippen LogP contribution in [0.2, 0.25) is 5.02 Å². The Morgan fingerprint density at radius 2 is 2.05 bits per heavy atom. The number of carbonyl (C=O) groups excluding carboxylic acids is 1. The lowest BCUT2D eigenvalue weighted by atomic mass is 9.90. The van der Waals surface area contributed by atoms with Crippen molar-refractivity contribution in [3.05, 3.63) is 45.2 Å². The van der Waals surface area contributed by atoms with E-state index in [1.54, 1.807) is 0 Å². The van der Waals surface area contributed by atoms with E-state index in [2.05, 4.69) is 9.59 Å². The van der Waals surface area contributed by atoms with Crippen molar-refractivity contribution in [3.63, 3.8) is 0 Å². The third-order valence-corrected chi connectivity index (χ3v) is 3.54. The van der Waals surface area contributed by atoms with Crippen LogP contribution in [0, 0.1) is 5.82 Å². The van der Waals surface area contributed by atoms with Crippen LogP contribution in [0.1, 0.15) is 41.7 Å². The average Bonchev–Trinajstić information content (AvgIpc) is 2.76. The van der Waals surface area contributed by atoms with Crippen molar-refractivity contribution in [1.82, 2.24) is 9.59 Å². The van der Waals surface area contributed by atoms with Gasteiger partial charge in [0.15, 0.2) is 0 Å². The maximum atomic E-state index is 13.8. The molecule has 1 aromatic heterocycles. The second-order valence-corrected chi connectivity index (χ2v) is 6.34. The summed E-state index contributed by atoms with van der Waals surface area (Å²) in [6.45, 7) is 5.79. The van der Waals surface area contributed by atoms with E-state index in [-0.39, 0.29) is 16.0 Å². The topological polar surface area (TPSA) is 42.9 Å². The fourth-order valence-electron chi connectivity index (χ4n) is 1.63. The highest BCUT2D eigenvalue weighted by atomic mass is 35.5. The Labute approximate surface area is 119 Å². The number of halogens is 2. The Bertz CT molecular complexity index is 634. The van der Waals surface area contributed by atoms with Gasteiger partial charge >= 0.3 is 0 Å². The molecule has 0 N–H and O–H groups in total. The molecule has 0 aliphatic rings. The first-order valence-electron chi connectivity index (χ1n) is 5.63. The average molecular weight is 299 g/mol. The third kappa shape index (κ3) is 2.82. The molecule has 100 valence electrons. The first-order chi connectivity index (χ1) is 8.80. The molecule has 1 heterocycles. The molecule has 0 bridgehead atoms. The molecule has 6 heteroatoms. The molecule has 2 rings (SSSR count). The van der Waals surface area contributed by atoms with Gasteiger partial charge in [0, 0.05) is 10.4 Å². The molecule has 2 aromatic rings. The van der Waals surface area contributed by atoms with E-state index in [0.717, 1.165) is 17.6 Å². The van der Waals surface area contributed by atoms with Gasteiger partial charge in [-0.1, -0.05) is 36.9 Å². The summed E-state index contributed by atoms with van der Waals surface area (Å²) < 4.78 is 17.6. The fraction of sp³-hybridized carbons (Fsp3) is 0.308. The molecule has 3 nitrogen and oxygen atoms in total. The number of hydrogen-bond donors (Lipinski definition) is 0. The van der Waals surface area contributed by atoms with Crippen LogP contribution in [0.4, 0.5) is 4.39 Å². The van der Waals surface area contributed by atoms with E-state index in [0.29, 0.717) is 10.6 Å². The predicted molar refractivity (Wildman–Crippen MR) is 73.5 cm³/mol. The summed E-state index contributed by atoms with van der Waals surface area (Å²) >= 11 is 6.66. The number of carbonyl (C=O) groups is 1. The number of hydrogen-bond acceptors (Lipinski definition) is 4. The summed E-state index contributed by atoms with van der Waals surface area (Å²) in [4.78, 5) is 12.7. The monoisotopic (exact) mass is 298 g/mol. The minimum Gasteiger partial charge on any atom is -0.287 e. The van der Waals surface area contributed by atoms with Gasteiger partial charge in [-0.25, -0.2) is 4.39 Å². The SMILES string of the molecule is CC(C)(C)c1nnsc1C(=O)c1ccc(Cl)cc1F. The maximum absolute atomic E-state index is 13.8. The Morgan fingerprint density at radius 1 is 1.37 bits per heavy atom. The van der Waals surface area contributed by atoms with Gasteiger partial charge in [-0.15, -0.1) is 5.10 Å². The van der Waals surface area contributed by atoms with Crippen LogP contribution in [0.5, 0.6) is 0 Å². The van der Waals surface area contributed by atoms with E-state index >= 15 is 0 Å². The molecular formula is C13H12ClFN2OS. The van der Waals surface area contributed by atoms with E-state index < -0.39 is 11.6 Å². The van der Waals surface area contributed by atoms with Crippen molar-refractivity contribution in [2.24, 2.45) is 0 Å². The minimum atomic E-state index is -0.634. The highest BCUT2D eigenvalue weighted by Gasteiger charge is 2.28. The zero-order chi connectivity index (χ0) is 14.2. The van der Waals surface area contributed by atoms with Gasteiger partial charge in [0.05, 0.1) is 11.3 Å². The lowest BCUT2D eigenvalue weighted by Crippen LogP contribution is -2.17. The Balaban J connectivity index is 2.48. The molecule has 0 saturated heterocycles. The molecule has 0 atom stereocenters. The van der Waals surface area contributed by atoms with E-state index in [1.165, 1.54) is 12.1 Å². The van der Waals surface area contributed by atoms with Crippen molar-refractivity contribution in [2.75, 3.05) is 0 Å². The Hall–Kier alpha value is -1.33. The summed E-state index contributed by atoms with van der Waals surface area (Å²) in [5, 5.41) is 4.24. The molecule has 0 aliphatic carbocycles. The second kappa shape index (κ2) is 4.98. The van der Waals surface area contributed by atoms with Crippen LogP contribution in [0.3, 0.4) is 0 Å². The second-order valence-electron chi connectivity index (χ2n) is 5.15. The van der Waals surface area contributed by atoms with E-state index in [9.17, 15) is 9.18 Å². The number of ketones is 1. The summed E-state index contributed by atoms with van der Waals surface area (Å²) in [7, 11) is 0. The summed E-state index contributed by atoms with van der Waals surface area (Å²) in [6.07, 6.45) is 0. The van der Waals surface area contributed by atoms with E-state index in [4.69, 9.17) is 11.6 Å². The van der Waals surface area contributed by atoms with Crippen LogP contribution in [-0.4, -0.2) is 15.4 Å². The van der Waals surface area contributed by atoms with Crippen molar-refractivity contribution in [3.8, 4) is 0 Å². The predicted octanol–water partition coefficient (Wildman–Crippen LogP) is 3.86. The van der Waals surface area contributed by atoms with Gasteiger partial charge in [0.1, 0.15) is 10.7 Å². The smallest absolute Gasteiger partial charge is 0.209 e. The minimum absolute atomic E-state index is 0.0130. The first kappa shape index (κ1) is 14.1. The highest BCUT2D eigenvalue weighted by molar-refractivity contribution is 7.08. The van der Waals surface area contributed by atoms with Crippen molar-refractivity contribution < 1.29 is 9.18 Å². The van der Waals surface area contributed by atoms with Crippen molar-refractivity contribution in [1.29, 1.82) is 0 Å². The zero-order valence-corrected chi connectivity index (χ0v) is 12.3. The van der Waals surface area contributed by atoms with Gasteiger partial charge in [-0.2, -0.15) is 0 Å². The highest BCUT2D eigenvalue weighted by Crippen LogP contribution is 2.28. The maximum Gasteiger partial charge on any atom is 0.209 e. The van der Waals surface area contributed by atoms with Crippen LogP contribution in [-0.2, 0) is 5.41 Å². The molecule has 0 unspecified atom stereocenters. The lowest BCUT2D eigenvalue weighted by Gasteiger charge is -2.16. The van der Waals surface area contributed by atoms with Gasteiger partial charge < -0.3 is 0 Å².